The number of halogens is 4. The molecule has 196 valence electrons. The molecule has 0 radical (unpaired) electrons. The fourth-order valence-corrected chi connectivity index (χ4v) is 5.51. The maximum atomic E-state index is 13.9. The molecule has 1 saturated heterocycles. The number of thiazole rings is 1. The number of piperidine rings is 1. The van der Waals surface area contributed by atoms with Gasteiger partial charge in [-0.15, -0.1) is 24.5 Å². The van der Waals surface area contributed by atoms with Gasteiger partial charge in [0.1, 0.15) is 11.6 Å². The molecular formula is C26H25F4N3O3S. The first-order chi connectivity index (χ1) is 17.6. The van der Waals surface area contributed by atoms with Crippen LogP contribution >= 0.6 is 11.3 Å². The maximum Gasteiger partial charge on any atom is 0.573 e. The summed E-state index contributed by atoms with van der Waals surface area (Å²) in [6.07, 6.45) is -5.41. The second kappa shape index (κ2) is 10.3. The highest BCUT2D eigenvalue weighted by Crippen LogP contribution is 2.52. The molecule has 2 aliphatic rings. The number of carbonyl (C=O) groups excluding carboxylic acids is 1. The Kier molecular flexibility index (Phi) is 7.09. The van der Waals surface area contributed by atoms with Gasteiger partial charge in [-0.2, -0.15) is 0 Å². The van der Waals surface area contributed by atoms with Crippen LogP contribution in [0.15, 0.2) is 53.4 Å². The van der Waals surface area contributed by atoms with Gasteiger partial charge >= 0.3 is 12.5 Å². The van der Waals surface area contributed by atoms with Crippen LogP contribution in [0.3, 0.4) is 0 Å². The summed E-state index contributed by atoms with van der Waals surface area (Å²) in [6, 6.07) is 10.9. The van der Waals surface area contributed by atoms with Gasteiger partial charge in [0.15, 0.2) is 0 Å². The number of aryl methyl sites for hydroxylation is 1. The number of rotatable bonds is 8. The topological polar surface area (TPSA) is 54.9 Å². The zero-order valence-electron chi connectivity index (χ0n) is 20.0. The number of carbonyl (C=O) groups is 1. The van der Waals surface area contributed by atoms with Crippen molar-refractivity contribution >= 4 is 17.4 Å². The van der Waals surface area contributed by atoms with Crippen LogP contribution < -0.4 is 9.47 Å². The molecule has 0 spiro atoms. The lowest BCUT2D eigenvalue weighted by atomic mass is 10.1. The van der Waals surface area contributed by atoms with E-state index in [9.17, 15) is 22.4 Å². The largest absolute Gasteiger partial charge is 0.573 e. The number of alkyl halides is 3. The molecule has 2 atom stereocenters. The Morgan fingerprint density at radius 3 is 2.62 bits per heavy atom. The lowest BCUT2D eigenvalue weighted by Gasteiger charge is -2.25. The van der Waals surface area contributed by atoms with Crippen molar-refractivity contribution in [2.24, 2.45) is 17.8 Å². The first kappa shape index (κ1) is 25.5. The molecular weight excluding hydrogens is 510 g/mol. The molecule has 1 amide bonds. The molecule has 3 aromatic rings. The molecule has 1 aliphatic carbocycles. The molecule has 37 heavy (non-hydrogen) atoms. The second-order valence-corrected chi connectivity index (χ2v) is 10.3. The van der Waals surface area contributed by atoms with Gasteiger partial charge < -0.3 is 14.4 Å². The third-order valence-electron chi connectivity index (χ3n) is 6.89. The van der Waals surface area contributed by atoms with Gasteiger partial charge in [0.25, 0.3) is 0 Å². The third-order valence-corrected chi connectivity index (χ3v) is 7.45. The molecule has 2 unspecified atom stereocenters. The molecule has 6 nitrogen and oxygen atoms in total. The summed E-state index contributed by atoms with van der Waals surface area (Å²) < 4.78 is 61.3. The van der Waals surface area contributed by atoms with Crippen molar-refractivity contribution in [3.8, 4) is 11.6 Å². The van der Waals surface area contributed by atoms with Gasteiger partial charge in [-0.05, 0) is 59.6 Å². The van der Waals surface area contributed by atoms with Crippen molar-refractivity contribution in [1.29, 1.82) is 0 Å². The fourth-order valence-electron chi connectivity index (χ4n) is 5.05. The standard InChI is InChI=1S/C26H25F4N3O3S/c1-16-5-6-18(8-23(16)27)9-32-11-20-21(12-32)22(20)13-33(25(34)35-24-14-37-15-31-24)10-17-3-2-4-19(7-17)36-26(28,29)30/h2-8,14-15,20-22H,9-13H2,1H3. The molecule has 1 saturated carbocycles. The van der Waals surface area contributed by atoms with Crippen molar-refractivity contribution in [3.63, 3.8) is 0 Å². The monoisotopic (exact) mass is 535 g/mol. The van der Waals surface area contributed by atoms with Crippen LogP contribution in [0.5, 0.6) is 11.6 Å². The number of aromatic nitrogens is 1. The van der Waals surface area contributed by atoms with Gasteiger partial charge in [-0.3, -0.25) is 4.90 Å². The van der Waals surface area contributed by atoms with Gasteiger partial charge in [0, 0.05) is 32.7 Å². The van der Waals surface area contributed by atoms with Crippen LogP contribution in [-0.4, -0.2) is 46.9 Å². The van der Waals surface area contributed by atoms with Gasteiger partial charge in [0.2, 0.25) is 5.88 Å². The number of hydrogen-bond acceptors (Lipinski definition) is 6. The van der Waals surface area contributed by atoms with Crippen LogP contribution in [-0.2, 0) is 13.1 Å². The van der Waals surface area contributed by atoms with Gasteiger partial charge in [0.05, 0.1) is 10.9 Å². The zero-order chi connectivity index (χ0) is 26.2. The van der Waals surface area contributed by atoms with E-state index >= 15 is 0 Å². The smallest absolute Gasteiger partial charge is 0.406 e. The normalized spacial score (nSPS) is 20.9. The zero-order valence-corrected chi connectivity index (χ0v) is 20.8. The average Bonchev–Trinajstić information content (AvgIpc) is 3.19. The number of benzene rings is 2. The molecule has 1 aliphatic heterocycles. The minimum Gasteiger partial charge on any atom is -0.406 e. The summed E-state index contributed by atoms with van der Waals surface area (Å²) in [5.74, 6) is 0.669. The van der Waals surface area contributed by atoms with Crippen molar-refractivity contribution < 1.29 is 31.8 Å². The van der Waals surface area contributed by atoms with Crippen molar-refractivity contribution in [2.75, 3.05) is 19.6 Å². The quantitative estimate of drug-likeness (QED) is 0.338. The van der Waals surface area contributed by atoms with E-state index in [-0.39, 0.29) is 29.9 Å². The summed E-state index contributed by atoms with van der Waals surface area (Å²) in [6.45, 7) is 4.57. The van der Waals surface area contributed by atoms with Crippen LogP contribution in [0, 0.1) is 30.5 Å². The van der Waals surface area contributed by atoms with Crippen LogP contribution in [0.4, 0.5) is 22.4 Å². The third kappa shape index (κ3) is 6.40. The average molecular weight is 536 g/mol. The van der Waals surface area contributed by atoms with Gasteiger partial charge in [-0.1, -0.05) is 24.3 Å². The number of amides is 1. The van der Waals surface area contributed by atoms with E-state index in [0.29, 0.717) is 36.1 Å². The van der Waals surface area contributed by atoms with Crippen molar-refractivity contribution in [2.45, 2.75) is 26.4 Å². The first-order valence-corrected chi connectivity index (χ1v) is 12.8. The molecule has 2 fully saturated rings. The summed E-state index contributed by atoms with van der Waals surface area (Å²) in [4.78, 5) is 20.8. The summed E-state index contributed by atoms with van der Waals surface area (Å²) in [7, 11) is 0. The molecule has 2 aromatic carbocycles. The van der Waals surface area contributed by atoms with E-state index in [0.717, 1.165) is 18.7 Å². The minimum absolute atomic E-state index is 0.0698. The Bertz CT molecular complexity index is 1240. The van der Waals surface area contributed by atoms with E-state index < -0.39 is 12.5 Å². The van der Waals surface area contributed by atoms with Crippen LogP contribution in [0.2, 0.25) is 0 Å². The first-order valence-electron chi connectivity index (χ1n) is 11.8. The lowest BCUT2D eigenvalue weighted by molar-refractivity contribution is -0.274. The minimum atomic E-state index is -4.80. The highest BCUT2D eigenvalue weighted by molar-refractivity contribution is 7.07. The number of ether oxygens (including phenoxy) is 2. The number of nitrogens with zero attached hydrogens (tertiary/aromatic N) is 3. The number of likely N-dealkylation sites (tertiary alicyclic amines) is 1. The Balaban J connectivity index is 1.23. The molecule has 11 heteroatoms. The predicted octanol–water partition coefficient (Wildman–Crippen LogP) is 5.87. The molecule has 0 N–H and O–H groups in total. The van der Waals surface area contributed by atoms with E-state index in [1.807, 2.05) is 6.07 Å². The highest BCUT2D eigenvalue weighted by Gasteiger charge is 2.56. The predicted molar refractivity (Wildman–Crippen MR) is 129 cm³/mol. The fraction of sp³-hybridized carbons (Fsp3) is 0.385. The van der Waals surface area contributed by atoms with E-state index in [1.165, 1.54) is 34.4 Å². The molecule has 5 rings (SSSR count). The Hall–Kier alpha value is -3.18. The molecule has 2 heterocycles. The van der Waals surface area contributed by atoms with E-state index in [4.69, 9.17) is 4.74 Å². The Morgan fingerprint density at radius 1 is 1.16 bits per heavy atom. The van der Waals surface area contributed by atoms with Crippen LogP contribution in [0.25, 0.3) is 0 Å². The number of fused-ring (bicyclic) bond motifs is 1. The Labute approximate surface area is 215 Å². The number of hydrogen-bond donors (Lipinski definition) is 0. The molecule has 1 aromatic heterocycles. The summed E-state index contributed by atoms with van der Waals surface area (Å²) >= 11 is 1.29. The van der Waals surface area contributed by atoms with Gasteiger partial charge in [-0.25, -0.2) is 14.2 Å². The lowest BCUT2D eigenvalue weighted by Crippen LogP contribution is -2.36. The van der Waals surface area contributed by atoms with Crippen molar-refractivity contribution in [3.05, 3.63) is 75.9 Å². The molecule has 0 bridgehead atoms. The van der Waals surface area contributed by atoms with Crippen molar-refractivity contribution in [1.82, 2.24) is 14.8 Å². The van der Waals surface area contributed by atoms with E-state index in [2.05, 4.69) is 14.6 Å². The SMILES string of the molecule is Cc1ccc(CN2CC3C(C2)C3CN(Cc2cccc(OC(F)(F)F)c2)C(=O)Oc2cscn2)cc1F. The Morgan fingerprint density at radius 2 is 1.95 bits per heavy atom. The summed E-state index contributed by atoms with van der Waals surface area (Å²) in [5, 5.41) is 1.60. The summed E-state index contributed by atoms with van der Waals surface area (Å²) in [5.41, 5.74) is 3.58. The second-order valence-electron chi connectivity index (χ2n) is 9.54. The maximum absolute atomic E-state index is 13.9. The van der Waals surface area contributed by atoms with Crippen LogP contribution in [0.1, 0.15) is 16.7 Å². The highest BCUT2D eigenvalue weighted by atomic mass is 32.1. The van der Waals surface area contributed by atoms with E-state index in [1.54, 1.807) is 36.0 Å².